The summed E-state index contributed by atoms with van der Waals surface area (Å²) in [6.07, 6.45) is 7.30. The van der Waals surface area contributed by atoms with Gasteiger partial charge >= 0.3 is 0 Å². The molecule has 0 saturated heterocycles. The van der Waals surface area contributed by atoms with Gasteiger partial charge in [0, 0.05) is 17.3 Å². The number of halogens is 2. The topological polar surface area (TPSA) is 24.1 Å². The molecular formula is C15H18F2N2S. The first-order valence-corrected chi connectivity index (χ1v) is 7.54. The Morgan fingerprint density at radius 2 is 1.85 bits per heavy atom. The summed E-state index contributed by atoms with van der Waals surface area (Å²) in [5.74, 6) is -0.995. The molecule has 2 saturated carbocycles. The molecule has 0 aromatic heterocycles. The summed E-state index contributed by atoms with van der Waals surface area (Å²) in [4.78, 5) is 0. The minimum atomic E-state index is -0.865. The molecule has 0 spiro atoms. The van der Waals surface area contributed by atoms with Crippen LogP contribution in [0.5, 0.6) is 0 Å². The lowest BCUT2D eigenvalue weighted by molar-refractivity contribution is 0.340. The average molecular weight is 296 g/mol. The molecule has 0 amide bonds. The molecule has 1 aromatic rings. The van der Waals surface area contributed by atoms with Crippen LogP contribution in [0.25, 0.3) is 0 Å². The van der Waals surface area contributed by atoms with Gasteiger partial charge in [-0.05, 0) is 56.0 Å². The molecule has 2 nitrogen and oxygen atoms in total. The van der Waals surface area contributed by atoms with Crippen LogP contribution in [0.1, 0.15) is 38.5 Å². The Morgan fingerprint density at radius 3 is 2.45 bits per heavy atom. The number of thiocarbonyl (C=S) groups is 1. The molecule has 2 aliphatic rings. The second kappa shape index (κ2) is 5.28. The predicted molar refractivity (Wildman–Crippen MR) is 79.6 cm³/mol. The molecule has 20 heavy (non-hydrogen) atoms. The van der Waals surface area contributed by atoms with Crippen molar-refractivity contribution in [2.75, 3.05) is 5.32 Å². The van der Waals surface area contributed by atoms with Gasteiger partial charge in [0.25, 0.3) is 0 Å². The van der Waals surface area contributed by atoms with Crippen LogP contribution in [0.15, 0.2) is 18.2 Å². The van der Waals surface area contributed by atoms with Gasteiger partial charge in [-0.1, -0.05) is 12.8 Å². The van der Waals surface area contributed by atoms with E-state index >= 15 is 0 Å². The van der Waals surface area contributed by atoms with E-state index in [4.69, 9.17) is 12.2 Å². The summed E-state index contributed by atoms with van der Waals surface area (Å²) >= 11 is 5.33. The fraction of sp³-hybridized carbons (Fsp3) is 0.533. The van der Waals surface area contributed by atoms with Crippen LogP contribution < -0.4 is 10.6 Å². The van der Waals surface area contributed by atoms with Crippen molar-refractivity contribution in [3.63, 3.8) is 0 Å². The molecule has 3 rings (SSSR count). The highest BCUT2D eigenvalue weighted by Gasteiger charge is 2.47. The first-order valence-electron chi connectivity index (χ1n) is 7.13. The van der Waals surface area contributed by atoms with E-state index in [9.17, 15) is 8.78 Å². The number of benzene rings is 1. The minimum absolute atomic E-state index is 0.128. The number of hydrogen-bond donors (Lipinski definition) is 2. The van der Waals surface area contributed by atoms with Gasteiger partial charge in [-0.2, -0.15) is 0 Å². The molecule has 2 N–H and O–H groups in total. The maximum absolute atomic E-state index is 13.2. The Kier molecular flexibility index (Phi) is 3.63. The number of rotatable bonds is 3. The van der Waals surface area contributed by atoms with E-state index in [0.717, 1.165) is 30.9 Å². The van der Waals surface area contributed by atoms with Gasteiger partial charge in [-0.15, -0.1) is 0 Å². The van der Waals surface area contributed by atoms with Gasteiger partial charge in [-0.3, -0.25) is 0 Å². The lowest BCUT2D eigenvalue weighted by atomic mass is 9.91. The Balaban J connectivity index is 1.65. The van der Waals surface area contributed by atoms with Crippen molar-refractivity contribution in [2.45, 2.75) is 44.1 Å². The van der Waals surface area contributed by atoms with E-state index in [2.05, 4.69) is 10.6 Å². The monoisotopic (exact) mass is 296 g/mol. The Labute approximate surface area is 122 Å². The van der Waals surface area contributed by atoms with Crippen molar-refractivity contribution in [3.8, 4) is 0 Å². The maximum atomic E-state index is 13.2. The fourth-order valence-corrected chi connectivity index (χ4v) is 3.56. The SMILES string of the molecule is Fc1ccc(NC(=S)NC2(C3CC3)CCCC2)cc1F. The van der Waals surface area contributed by atoms with E-state index in [1.54, 1.807) is 0 Å². The third-order valence-electron chi connectivity index (χ3n) is 4.39. The number of nitrogens with one attached hydrogen (secondary N) is 2. The molecule has 0 radical (unpaired) electrons. The molecule has 2 aliphatic carbocycles. The Hall–Kier alpha value is -1.23. The highest BCUT2D eigenvalue weighted by Crippen LogP contribution is 2.48. The third-order valence-corrected chi connectivity index (χ3v) is 4.60. The lowest BCUT2D eigenvalue weighted by Crippen LogP contribution is -2.49. The zero-order valence-electron chi connectivity index (χ0n) is 11.2. The smallest absolute Gasteiger partial charge is 0.171 e. The summed E-state index contributed by atoms with van der Waals surface area (Å²) in [6, 6.07) is 3.72. The number of hydrogen-bond acceptors (Lipinski definition) is 1. The van der Waals surface area contributed by atoms with Crippen molar-refractivity contribution in [3.05, 3.63) is 29.8 Å². The predicted octanol–water partition coefficient (Wildman–Crippen LogP) is 3.97. The van der Waals surface area contributed by atoms with E-state index in [-0.39, 0.29) is 5.54 Å². The normalized spacial score (nSPS) is 20.7. The summed E-state index contributed by atoms with van der Waals surface area (Å²) in [7, 11) is 0. The quantitative estimate of drug-likeness (QED) is 0.825. The molecule has 0 bridgehead atoms. The maximum Gasteiger partial charge on any atom is 0.171 e. The van der Waals surface area contributed by atoms with Gasteiger partial charge in [-0.25, -0.2) is 8.78 Å². The van der Waals surface area contributed by atoms with Crippen LogP contribution in [0.3, 0.4) is 0 Å². The van der Waals surface area contributed by atoms with Gasteiger partial charge < -0.3 is 10.6 Å². The molecule has 108 valence electrons. The molecule has 0 heterocycles. The number of anilines is 1. The van der Waals surface area contributed by atoms with E-state index in [1.807, 2.05) is 0 Å². The van der Waals surface area contributed by atoms with Gasteiger partial charge in [0.05, 0.1) is 0 Å². The lowest BCUT2D eigenvalue weighted by Gasteiger charge is -2.32. The molecular weight excluding hydrogens is 278 g/mol. The fourth-order valence-electron chi connectivity index (χ4n) is 3.24. The zero-order valence-corrected chi connectivity index (χ0v) is 12.0. The minimum Gasteiger partial charge on any atom is -0.357 e. The third kappa shape index (κ3) is 2.77. The van der Waals surface area contributed by atoms with Crippen LogP contribution in [0.2, 0.25) is 0 Å². The van der Waals surface area contributed by atoms with Crippen LogP contribution >= 0.6 is 12.2 Å². The molecule has 1 aromatic carbocycles. The first-order chi connectivity index (χ1) is 9.59. The Morgan fingerprint density at radius 1 is 1.15 bits per heavy atom. The van der Waals surface area contributed by atoms with Crippen molar-refractivity contribution < 1.29 is 8.78 Å². The summed E-state index contributed by atoms with van der Waals surface area (Å²) in [5, 5.41) is 6.90. The summed E-state index contributed by atoms with van der Waals surface area (Å²) < 4.78 is 26.1. The second-order valence-electron chi connectivity index (χ2n) is 5.85. The van der Waals surface area contributed by atoms with Crippen LogP contribution in [0, 0.1) is 17.6 Å². The molecule has 0 unspecified atom stereocenters. The van der Waals surface area contributed by atoms with Crippen molar-refractivity contribution in [1.82, 2.24) is 5.32 Å². The van der Waals surface area contributed by atoms with E-state index in [1.165, 1.54) is 31.7 Å². The van der Waals surface area contributed by atoms with Gasteiger partial charge in [0.2, 0.25) is 0 Å². The average Bonchev–Trinajstić information content (AvgIpc) is 3.16. The van der Waals surface area contributed by atoms with Gasteiger partial charge in [0.1, 0.15) is 0 Å². The highest BCUT2D eigenvalue weighted by molar-refractivity contribution is 7.80. The molecule has 0 atom stereocenters. The van der Waals surface area contributed by atoms with Crippen LogP contribution in [-0.4, -0.2) is 10.7 Å². The summed E-state index contributed by atoms with van der Waals surface area (Å²) in [6.45, 7) is 0. The highest BCUT2D eigenvalue weighted by atomic mass is 32.1. The van der Waals surface area contributed by atoms with Crippen molar-refractivity contribution in [1.29, 1.82) is 0 Å². The zero-order chi connectivity index (χ0) is 14.2. The van der Waals surface area contributed by atoms with Gasteiger partial charge in [0.15, 0.2) is 16.7 Å². The first kappa shape index (κ1) is 13.7. The second-order valence-corrected chi connectivity index (χ2v) is 6.25. The van der Waals surface area contributed by atoms with E-state index < -0.39 is 11.6 Å². The van der Waals surface area contributed by atoms with Crippen molar-refractivity contribution >= 4 is 23.0 Å². The van der Waals surface area contributed by atoms with E-state index in [0.29, 0.717) is 10.8 Å². The van der Waals surface area contributed by atoms with Crippen molar-refractivity contribution in [2.24, 2.45) is 5.92 Å². The van der Waals surface area contributed by atoms with Crippen LogP contribution in [0.4, 0.5) is 14.5 Å². The Bertz CT molecular complexity index is 523. The molecule has 2 fully saturated rings. The molecule has 0 aliphatic heterocycles. The largest absolute Gasteiger partial charge is 0.357 e. The standard InChI is InChI=1S/C15H18F2N2S/c16-12-6-5-11(9-13(12)17)18-14(20)19-15(10-3-4-10)7-1-2-8-15/h5-6,9-10H,1-4,7-8H2,(H2,18,19,20). The summed E-state index contributed by atoms with van der Waals surface area (Å²) in [5.41, 5.74) is 0.605. The van der Waals surface area contributed by atoms with Crippen LogP contribution in [-0.2, 0) is 0 Å². The molecule has 5 heteroatoms.